The van der Waals surface area contributed by atoms with Crippen molar-refractivity contribution < 1.29 is 14.0 Å². The van der Waals surface area contributed by atoms with Crippen LogP contribution in [-0.4, -0.2) is 65.3 Å². The maximum absolute atomic E-state index is 13.3. The van der Waals surface area contributed by atoms with Gasteiger partial charge in [-0.05, 0) is 62.9 Å². The molecule has 2 atom stereocenters. The number of likely N-dealkylation sites (tertiary alicyclic amines) is 3. The fraction of sp³-hybridized carbons (Fsp3) is 0.652. The van der Waals surface area contributed by atoms with Crippen molar-refractivity contribution in [2.45, 2.75) is 63.6 Å². The Morgan fingerprint density at radius 1 is 1.00 bits per heavy atom. The van der Waals surface area contributed by atoms with Gasteiger partial charge in [0.25, 0.3) is 0 Å². The number of hydrogen-bond donors (Lipinski definition) is 0. The van der Waals surface area contributed by atoms with E-state index >= 15 is 0 Å². The van der Waals surface area contributed by atoms with E-state index < -0.39 is 0 Å². The van der Waals surface area contributed by atoms with Crippen LogP contribution >= 0.6 is 0 Å². The predicted octanol–water partition coefficient (Wildman–Crippen LogP) is 3.04. The van der Waals surface area contributed by atoms with Crippen LogP contribution in [0.15, 0.2) is 24.3 Å². The molecule has 3 fully saturated rings. The third kappa shape index (κ3) is 4.47. The highest BCUT2D eigenvalue weighted by Crippen LogP contribution is 2.32. The highest BCUT2D eigenvalue weighted by atomic mass is 19.1. The fourth-order valence-corrected chi connectivity index (χ4v) is 5.32. The Hall–Kier alpha value is -1.95. The molecule has 0 radical (unpaired) electrons. The highest BCUT2D eigenvalue weighted by Gasteiger charge is 2.42. The number of rotatable bonds is 3. The second kappa shape index (κ2) is 8.82. The smallest absolute Gasteiger partial charge is 0.226 e. The number of fused-ring (bicyclic) bond motifs is 1. The number of nitrogens with zero attached hydrogens (tertiary/aromatic N) is 3. The van der Waals surface area contributed by atoms with Crippen LogP contribution in [0.2, 0.25) is 0 Å². The molecule has 0 spiro atoms. The maximum atomic E-state index is 13.3. The first-order valence-electron chi connectivity index (χ1n) is 11.1. The summed E-state index contributed by atoms with van der Waals surface area (Å²) in [5.41, 5.74) is 1.11. The summed E-state index contributed by atoms with van der Waals surface area (Å²) in [5, 5.41) is 0. The number of piperidine rings is 1. The molecule has 3 aliphatic heterocycles. The van der Waals surface area contributed by atoms with Gasteiger partial charge in [-0.15, -0.1) is 0 Å². The second-order valence-corrected chi connectivity index (χ2v) is 8.88. The molecule has 2 amide bonds. The van der Waals surface area contributed by atoms with Crippen LogP contribution in [0.3, 0.4) is 0 Å². The molecule has 0 aromatic heterocycles. The van der Waals surface area contributed by atoms with E-state index in [9.17, 15) is 14.0 Å². The van der Waals surface area contributed by atoms with Crippen molar-refractivity contribution in [1.29, 1.82) is 0 Å². The van der Waals surface area contributed by atoms with Crippen LogP contribution in [-0.2, 0) is 16.1 Å². The molecular weight excluding hydrogens is 369 g/mol. The SMILES string of the molecule is CN1C(=O)CCCC[C@@H]2[C@@H]1CCN2C(=O)C1CCN(Cc2ccc(F)cc2)CC1. The van der Waals surface area contributed by atoms with E-state index in [1.54, 1.807) is 0 Å². The van der Waals surface area contributed by atoms with Crippen LogP contribution in [0.4, 0.5) is 4.39 Å². The van der Waals surface area contributed by atoms with Gasteiger partial charge in [0.05, 0.1) is 12.1 Å². The van der Waals surface area contributed by atoms with Gasteiger partial charge in [0.1, 0.15) is 5.82 Å². The molecule has 0 bridgehead atoms. The molecule has 3 saturated heterocycles. The molecule has 1 aromatic rings. The quantitative estimate of drug-likeness (QED) is 0.782. The standard InChI is InChI=1S/C23H32FN3O2/c1-25-20-12-15-27(21(20)4-2-3-5-22(25)28)23(29)18-10-13-26(14-11-18)16-17-6-8-19(24)9-7-17/h6-9,18,20-21H,2-5,10-16H2,1H3/t20-,21+/m0/s1. The normalized spacial score (nSPS) is 26.9. The molecule has 4 rings (SSSR count). The summed E-state index contributed by atoms with van der Waals surface area (Å²) in [6.07, 6.45) is 6.27. The molecule has 0 saturated carbocycles. The van der Waals surface area contributed by atoms with Crippen molar-refractivity contribution >= 4 is 11.8 Å². The number of amides is 2. The van der Waals surface area contributed by atoms with E-state index in [-0.39, 0.29) is 29.7 Å². The van der Waals surface area contributed by atoms with E-state index in [4.69, 9.17) is 0 Å². The Morgan fingerprint density at radius 3 is 2.45 bits per heavy atom. The van der Waals surface area contributed by atoms with Gasteiger partial charge in [-0.3, -0.25) is 14.5 Å². The topological polar surface area (TPSA) is 43.9 Å². The molecule has 3 aliphatic rings. The van der Waals surface area contributed by atoms with Crippen molar-refractivity contribution in [3.63, 3.8) is 0 Å². The molecule has 0 unspecified atom stereocenters. The third-order valence-electron chi connectivity index (χ3n) is 7.08. The fourth-order valence-electron chi connectivity index (χ4n) is 5.32. The van der Waals surface area contributed by atoms with E-state index in [0.717, 1.165) is 70.3 Å². The van der Waals surface area contributed by atoms with Gasteiger partial charge in [-0.2, -0.15) is 0 Å². The molecule has 158 valence electrons. The summed E-state index contributed by atoms with van der Waals surface area (Å²) in [4.78, 5) is 32.0. The lowest BCUT2D eigenvalue weighted by Crippen LogP contribution is -2.50. The summed E-state index contributed by atoms with van der Waals surface area (Å²) >= 11 is 0. The number of likely N-dealkylation sites (N-methyl/N-ethyl adjacent to an activating group) is 1. The van der Waals surface area contributed by atoms with E-state index in [1.165, 1.54) is 12.1 Å². The predicted molar refractivity (Wildman–Crippen MR) is 110 cm³/mol. The van der Waals surface area contributed by atoms with E-state index in [2.05, 4.69) is 9.80 Å². The molecule has 3 heterocycles. The van der Waals surface area contributed by atoms with Crippen LogP contribution < -0.4 is 0 Å². The number of carbonyl (C=O) groups excluding carboxylic acids is 2. The number of hydrogen-bond acceptors (Lipinski definition) is 3. The Morgan fingerprint density at radius 2 is 1.72 bits per heavy atom. The minimum Gasteiger partial charge on any atom is -0.341 e. The Bertz CT molecular complexity index is 730. The summed E-state index contributed by atoms with van der Waals surface area (Å²) in [6, 6.07) is 7.06. The largest absolute Gasteiger partial charge is 0.341 e. The monoisotopic (exact) mass is 401 g/mol. The minimum atomic E-state index is -0.205. The number of halogens is 1. The average Bonchev–Trinajstić information content (AvgIpc) is 3.14. The highest BCUT2D eigenvalue weighted by molar-refractivity contribution is 5.80. The molecular formula is C23H32FN3O2. The molecule has 0 aliphatic carbocycles. The summed E-state index contributed by atoms with van der Waals surface area (Å²) in [6.45, 7) is 3.38. The summed E-state index contributed by atoms with van der Waals surface area (Å²) in [5.74, 6) is 0.400. The lowest BCUT2D eigenvalue weighted by molar-refractivity contribution is -0.141. The summed E-state index contributed by atoms with van der Waals surface area (Å²) in [7, 11) is 1.91. The third-order valence-corrected chi connectivity index (χ3v) is 7.08. The first-order chi connectivity index (χ1) is 14.0. The van der Waals surface area contributed by atoms with Gasteiger partial charge in [0.15, 0.2) is 0 Å². The lowest BCUT2D eigenvalue weighted by atomic mass is 9.93. The average molecular weight is 402 g/mol. The van der Waals surface area contributed by atoms with Gasteiger partial charge >= 0.3 is 0 Å². The zero-order valence-corrected chi connectivity index (χ0v) is 17.4. The van der Waals surface area contributed by atoms with Gasteiger partial charge in [-0.1, -0.05) is 18.6 Å². The van der Waals surface area contributed by atoms with Crippen molar-refractivity contribution in [3.8, 4) is 0 Å². The molecule has 1 aromatic carbocycles. The lowest BCUT2D eigenvalue weighted by Gasteiger charge is -2.38. The van der Waals surface area contributed by atoms with Crippen LogP contribution in [0, 0.1) is 11.7 Å². The molecule has 5 nitrogen and oxygen atoms in total. The Balaban J connectivity index is 1.33. The first kappa shape index (κ1) is 20.3. The maximum Gasteiger partial charge on any atom is 0.226 e. The second-order valence-electron chi connectivity index (χ2n) is 8.88. The van der Waals surface area contributed by atoms with Crippen LogP contribution in [0.25, 0.3) is 0 Å². The van der Waals surface area contributed by atoms with Crippen molar-refractivity contribution in [2.24, 2.45) is 5.92 Å². The summed E-state index contributed by atoms with van der Waals surface area (Å²) < 4.78 is 13.1. The Kier molecular flexibility index (Phi) is 6.18. The van der Waals surface area contributed by atoms with Gasteiger partial charge in [0.2, 0.25) is 11.8 Å². The van der Waals surface area contributed by atoms with Gasteiger partial charge < -0.3 is 9.80 Å². The van der Waals surface area contributed by atoms with Crippen molar-refractivity contribution in [3.05, 3.63) is 35.6 Å². The zero-order valence-electron chi connectivity index (χ0n) is 17.4. The van der Waals surface area contributed by atoms with Gasteiger partial charge in [-0.25, -0.2) is 4.39 Å². The number of benzene rings is 1. The molecule has 29 heavy (non-hydrogen) atoms. The zero-order chi connectivity index (χ0) is 20.4. The van der Waals surface area contributed by atoms with E-state index in [1.807, 2.05) is 24.1 Å². The Labute approximate surface area is 172 Å². The molecule has 0 N–H and O–H groups in total. The van der Waals surface area contributed by atoms with Gasteiger partial charge in [0, 0.05) is 32.5 Å². The van der Waals surface area contributed by atoms with Crippen molar-refractivity contribution in [1.82, 2.24) is 14.7 Å². The minimum absolute atomic E-state index is 0.0877. The van der Waals surface area contributed by atoms with Crippen LogP contribution in [0.1, 0.15) is 50.5 Å². The number of carbonyl (C=O) groups is 2. The first-order valence-corrected chi connectivity index (χ1v) is 11.1. The van der Waals surface area contributed by atoms with Crippen LogP contribution in [0.5, 0.6) is 0 Å². The van der Waals surface area contributed by atoms with E-state index in [0.29, 0.717) is 12.3 Å². The van der Waals surface area contributed by atoms with Crippen molar-refractivity contribution in [2.75, 3.05) is 26.7 Å². The molecule has 6 heteroatoms.